The summed E-state index contributed by atoms with van der Waals surface area (Å²) in [6.07, 6.45) is 1.73. The SMILES string of the molecule is Cc1ccccc1OCC(=O)N1CC[C@H](S(C)(=O)=O)C1. The van der Waals surface area contributed by atoms with E-state index in [4.69, 9.17) is 4.74 Å². The average Bonchev–Trinajstić information content (AvgIpc) is 2.87. The maximum absolute atomic E-state index is 12.0. The minimum absolute atomic E-state index is 0.0542. The number of amides is 1. The summed E-state index contributed by atoms with van der Waals surface area (Å²) in [6.45, 7) is 2.61. The first-order valence-electron chi connectivity index (χ1n) is 6.53. The Morgan fingerprint density at radius 3 is 2.70 bits per heavy atom. The summed E-state index contributed by atoms with van der Waals surface area (Å²) in [4.78, 5) is 13.6. The van der Waals surface area contributed by atoms with E-state index in [2.05, 4.69) is 0 Å². The first kappa shape index (κ1) is 14.8. The van der Waals surface area contributed by atoms with Crippen LogP contribution in [0.2, 0.25) is 0 Å². The van der Waals surface area contributed by atoms with Crippen LogP contribution >= 0.6 is 0 Å². The normalized spacial score (nSPS) is 19.1. The highest BCUT2D eigenvalue weighted by molar-refractivity contribution is 7.91. The molecule has 20 heavy (non-hydrogen) atoms. The van der Waals surface area contributed by atoms with Gasteiger partial charge in [-0.25, -0.2) is 8.42 Å². The second kappa shape index (κ2) is 5.83. The van der Waals surface area contributed by atoms with E-state index in [0.29, 0.717) is 18.7 Å². The van der Waals surface area contributed by atoms with Crippen molar-refractivity contribution in [3.05, 3.63) is 29.8 Å². The third kappa shape index (κ3) is 3.50. The van der Waals surface area contributed by atoms with Crippen LogP contribution in [0.1, 0.15) is 12.0 Å². The van der Waals surface area contributed by atoms with Crippen LogP contribution in [-0.2, 0) is 14.6 Å². The van der Waals surface area contributed by atoms with Crippen molar-refractivity contribution in [1.82, 2.24) is 4.90 Å². The fourth-order valence-corrected chi connectivity index (χ4v) is 3.24. The molecule has 0 saturated carbocycles. The lowest BCUT2D eigenvalue weighted by Gasteiger charge is -2.17. The summed E-state index contributed by atoms with van der Waals surface area (Å²) >= 11 is 0. The lowest BCUT2D eigenvalue weighted by Crippen LogP contribution is -2.35. The van der Waals surface area contributed by atoms with E-state index < -0.39 is 15.1 Å². The van der Waals surface area contributed by atoms with E-state index in [-0.39, 0.29) is 19.1 Å². The van der Waals surface area contributed by atoms with Gasteiger partial charge in [0.05, 0.1) is 5.25 Å². The van der Waals surface area contributed by atoms with Crippen molar-refractivity contribution in [3.63, 3.8) is 0 Å². The summed E-state index contributed by atoms with van der Waals surface area (Å²) in [5.41, 5.74) is 0.968. The number of ether oxygens (including phenoxy) is 1. The zero-order valence-corrected chi connectivity index (χ0v) is 12.5. The van der Waals surface area contributed by atoms with Crippen molar-refractivity contribution in [2.24, 2.45) is 0 Å². The van der Waals surface area contributed by atoms with Gasteiger partial charge in [0.2, 0.25) is 0 Å². The van der Waals surface area contributed by atoms with Crippen molar-refractivity contribution >= 4 is 15.7 Å². The molecule has 0 aliphatic carbocycles. The van der Waals surface area contributed by atoms with Crippen LogP contribution in [0.25, 0.3) is 0 Å². The fourth-order valence-electron chi connectivity index (χ4n) is 2.25. The highest BCUT2D eigenvalue weighted by atomic mass is 32.2. The van der Waals surface area contributed by atoms with Crippen molar-refractivity contribution in [1.29, 1.82) is 0 Å². The Hall–Kier alpha value is -1.56. The summed E-state index contributed by atoms with van der Waals surface area (Å²) < 4.78 is 28.4. The van der Waals surface area contributed by atoms with Crippen molar-refractivity contribution < 1.29 is 17.9 Å². The predicted molar refractivity (Wildman–Crippen MR) is 76.5 cm³/mol. The molecule has 2 rings (SSSR count). The molecule has 0 N–H and O–H groups in total. The minimum atomic E-state index is -3.08. The summed E-state index contributed by atoms with van der Waals surface area (Å²) in [5, 5.41) is -0.440. The summed E-state index contributed by atoms with van der Waals surface area (Å²) in [5.74, 6) is 0.513. The van der Waals surface area contributed by atoms with Crippen LogP contribution < -0.4 is 4.74 Å². The van der Waals surface area contributed by atoms with E-state index >= 15 is 0 Å². The molecular weight excluding hydrogens is 278 g/mol. The quantitative estimate of drug-likeness (QED) is 0.832. The fraction of sp³-hybridized carbons (Fsp3) is 0.500. The van der Waals surface area contributed by atoms with E-state index in [1.165, 1.54) is 6.26 Å². The highest BCUT2D eigenvalue weighted by Crippen LogP contribution is 2.18. The molecule has 6 heteroatoms. The Morgan fingerprint density at radius 1 is 1.40 bits per heavy atom. The van der Waals surface area contributed by atoms with Gasteiger partial charge in [0.1, 0.15) is 5.75 Å². The van der Waals surface area contributed by atoms with Crippen LogP contribution in [0.15, 0.2) is 24.3 Å². The number of benzene rings is 1. The molecule has 1 amide bonds. The number of carbonyl (C=O) groups excluding carboxylic acids is 1. The number of carbonyl (C=O) groups is 1. The molecule has 0 aromatic heterocycles. The lowest BCUT2D eigenvalue weighted by atomic mass is 10.2. The maximum Gasteiger partial charge on any atom is 0.260 e. The molecule has 1 aliphatic rings. The number of nitrogens with zero attached hydrogens (tertiary/aromatic N) is 1. The third-order valence-electron chi connectivity index (χ3n) is 3.55. The Morgan fingerprint density at radius 2 is 2.10 bits per heavy atom. The van der Waals surface area contributed by atoms with Crippen LogP contribution in [0.5, 0.6) is 5.75 Å². The number of hydrogen-bond acceptors (Lipinski definition) is 4. The zero-order valence-electron chi connectivity index (χ0n) is 11.7. The van der Waals surface area contributed by atoms with Gasteiger partial charge in [0.25, 0.3) is 5.91 Å². The molecule has 1 fully saturated rings. The Balaban J connectivity index is 1.89. The Bertz CT molecular complexity index is 597. The summed E-state index contributed by atoms with van der Waals surface area (Å²) in [7, 11) is -3.08. The Kier molecular flexibility index (Phi) is 4.32. The van der Waals surface area contributed by atoms with Gasteiger partial charge >= 0.3 is 0 Å². The van der Waals surface area contributed by atoms with E-state index in [0.717, 1.165) is 5.56 Å². The molecule has 0 bridgehead atoms. The number of hydrogen-bond donors (Lipinski definition) is 0. The topological polar surface area (TPSA) is 63.7 Å². The molecule has 1 aromatic rings. The molecule has 0 unspecified atom stereocenters. The summed E-state index contributed by atoms with van der Waals surface area (Å²) in [6, 6.07) is 7.48. The van der Waals surface area contributed by atoms with Crippen LogP contribution in [0.4, 0.5) is 0 Å². The van der Waals surface area contributed by atoms with Crippen LogP contribution in [0, 0.1) is 6.92 Å². The van der Waals surface area contributed by atoms with Crippen LogP contribution in [0.3, 0.4) is 0 Å². The van der Waals surface area contributed by atoms with Gasteiger partial charge in [0.15, 0.2) is 16.4 Å². The third-order valence-corrected chi connectivity index (χ3v) is 5.14. The van der Waals surface area contributed by atoms with Gasteiger partial charge in [-0.15, -0.1) is 0 Å². The number of rotatable bonds is 4. The van der Waals surface area contributed by atoms with Crippen LogP contribution in [-0.4, -0.2) is 50.4 Å². The molecule has 0 radical (unpaired) electrons. The number of para-hydroxylation sites is 1. The first-order valence-corrected chi connectivity index (χ1v) is 8.48. The highest BCUT2D eigenvalue weighted by Gasteiger charge is 2.32. The van der Waals surface area contributed by atoms with Gasteiger partial charge in [-0.1, -0.05) is 18.2 Å². The number of sulfone groups is 1. The maximum atomic E-state index is 12.0. The average molecular weight is 297 g/mol. The van der Waals surface area contributed by atoms with Gasteiger partial charge in [-0.05, 0) is 25.0 Å². The van der Waals surface area contributed by atoms with Crippen molar-refractivity contribution in [2.75, 3.05) is 26.0 Å². The van der Waals surface area contributed by atoms with Gasteiger partial charge < -0.3 is 9.64 Å². The molecule has 5 nitrogen and oxygen atoms in total. The van der Waals surface area contributed by atoms with Gasteiger partial charge in [-0.2, -0.15) is 0 Å². The molecule has 1 saturated heterocycles. The Labute approximate surface area is 119 Å². The molecule has 1 heterocycles. The van der Waals surface area contributed by atoms with Gasteiger partial charge in [-0.3, -0.25) is 4.79 Å². The van der Waals surface area contributed by atoms with Crippen molar-refractivity contribution in [2.45, 2.75) is 18.6 Å². The largest absolute Gasteiger partial charge is 0.484 e. The lowest BCUT2D eigenvalue weighted by molar-refractivity contribution is -0.132. The predicted octanol–water partition coefficient (Wildman–Crippen LogP) is 1.02. The van der Waals surface area contributed by atoms with E-state index in [1.807, 2.05) is 31.2 Å². The molecule has 1 aliphatic heterocycles. The van der Waals surface area contributed by atoms with Gasteiger partial charge in [0, 0.05) is 19.3 Å². The van der Waals surface area contributed by atoms with Crippen molar-refractivity contribution in [3.8, 4) is 5.75 Å². The molecule has 110 valence electrons. The number of aryl methyl sites for hydroxylation is 1. The molecule has 1 aromatic carbocycles. The second-order valence-electron chi connectivity index (χ2n) is 5.13. The molecule has 0 spiro atoms. The standard InChI is InChI=1S/C14H19NO4S/c1-11-5-3-4-6-13(11)19-10-14(16)15-8-7-12(9-15)20(2,17)18/h3-6,12H,7-10H2,1-2H3/t12-/m0/s1. The minimum Gasteiger partial charge on any atom is -0.484 e. The van der Waals surface area contributed by atoms with E-state index in [1.54, 1.807) is 4.90 Å². The second-order valence-corrected chi connectivity index (χ2v) is 7.46. The smallest absolute Gasteiger partial charge is 0.260 e. The monoisotopic (exact) mass is 297 g/mol. The van der Waals surface area contributed by atoms with E-state index in [9.17, 15) is 13.2 Å². The molecule has 1 atom stereocenters. The zero-order chi connectivity index (χ0) is 14.8. The molecular formula is C14H19NO4S. The first-order chi connectivity index (χ1) is 9.38. The number of likely N-dealkylation sites (tertiary alicyclic amines) is 1.